The molecule has 0 aromatic rings. The monoisotopic (exact) mass is 321 g/mol. The number of hydrogen-bond acceptors (Lipinski definition) is 4. The van der Waals surface area contributed by atoms with Gasteiger partial charge in [-0.1, -0.05) is 6.08 Å². The van der Waals surface area contributed by atoms with Gasteiger partial charge in [0.15, 0.2) is 0 Å². The normalized spacial score (nSPS) is 23.2. The van der Waals surface area contributed by atoms with E-state index in [4.69, 9.17) is 14.0 Å². The van der Waals surface area contributed by atoms with E-state index in [1.807, 2.05) is 60.6 Å². The molecular weight excluding hydrogens is 293 g/mol. The van der Waals surface area contributed by atoms with E-state index in [9.17, 15) is 4.79 Å². The Bertz CT molecular complexity index is 527. The van der Waals surface area contributed by atoms with Crippen molar-refractivity contribution in [2.24, 2.45) is 0 Å². The van der Waals surface area contributed by atoms with Crippen molar-refractivity contribution in [3.63, 3.8) is 0 Å². The minimum absolute atomic E-state index is 0.320. The van der Waals surface area contributed by atoms with Crippen molar-refractivity contribution >= 4 is 13.2 Å². The van der Waals surface area contributed by atoms with Crippen LogP contribution >= 0.6 is 0 Å². The second-order valence-corrected chi connectivity index (χ2v) is 8.15. The average Bonchev–Trinajstić information content (AvgIpc) is 2.56. The lowest BCUT2D eigenvalue weighted by molar-refractivity contribution is 0.00578. The SMILES string of the molecule is CC(C)(C)OC(=O)NC1=CC=C(B2OC(C)(C)C(C)(C)O2)CC1. The number of ether oxygens (including phenoxy) is 1. The van der Waals surface area contributed by atoms with E-state index in [0.29, 0.717) is 0 Å². The van der Waals surface area contributed by atoms with Gasteiger partial charge in [0.05, 0.1) is 11.2 Å². The van der Waals surface area contributed by atoms with E-state index in [1.165, 1.54) is 0 Å². The highest BCUT2D eigenvalue weighted by Gasteiger charge is 2.52. The van der Waals surface area contributed by atoms with Crippen molar-refractivity contribution in [3.05, 3.63) is 23.3 Å². The number of carbonyl (C=O) groups is 1. The van der Waals surface area contributed by atoms with Crippen LogP contribution in [0.3, 0.4) is 0 Å². The zero-order chi connectivity index (χ0) is 17.5. The van der Waals surface area contributed by atoms with Gasteiger partial charge in [-0.05, 0) is 72.9 Å². The molecule has 0 saturated carbocycles. The summed E-state index contributed by atoms with van der Waals surface area (Å²) in [5.74, 6) is 0. The molecule has 128 valence electrons. The molecule has 1 aliphatic carbocycles. The van der Waals surface area contributed by atoms with Crippen molar-refractivity contribution in [2.45, 2.75) is 78.1 Å². The first-order valence-electron chi connectivity index (χ1n) is 8.15. The minimum atomic E-state index is -0.497. The Labute approximate surface area is 139 Å². The van der Waals surface area contributed by atoms with Gasteiger partial charge in [0.2, 0.25) is 0 Å². The highest BCUT2D eigenvalue weighted by Crippen LogP contribution is 2.39. The van der Waals surface area contributed by atoms with Crippen molar-refractivity contribution < 1.29 is 18.8 Å². The van der Waals surface area contributed by atoms with Crippen LogP contribution in [0.15, 0.2) is 23.3 Å². The summed E-state index contributed by atoms with van der Waals surface area (Å²) in [6, 6.07) is 0. The van der Waals surface area contributed by atoms with Gasteiger partial charge in [0, 0.05) is 5.70 Å². The molecule has 23 heavy (non-hydrogen) atoms. The molecule has 1 aliphatic heterocycles. The third-order valence-corrected chi connectivity index (χ3v) is 4.40. The summed E-state index contributed by atoms with van der Waals surface area (Å²) in [5, 5.41) is 2.79. The standard InChI is InChI=1S/C17H28BNO4/c1-15(2,3)21-14(20)19-13-10-8-12(9-11-13)18-22-16(4,5)17(6,7)23-18/h8,10H,9,11H2,1-7H3,(H,19,20). The Morgan fingerprint density at radius 2 is 1.70 bits per heavy atom. The summed E-state index contributed by atoms with van der Waals surface area (Å²) in [5.41, 5.74) is 0.773. The van der Waals surface area contributed by atoms with Crippen LogP contribution in [0, 0.1) is 0 Å². The molecule has 0 aromatic carbocycles. The fourth-order valence-corrected chi connectivity index (χ4v) is 2.38. The molecule has 1 N–H and O–H groups in total. The topological polar surface area (TPSA) is 56.8 Å². The average molecular weight is 321 g/mol. The lowest BCUT2D eigenvalue weighted by Crippen LogP contribution is -2.41. The smallest absolute Gasteiger partial charge is 0.444 e. The van der Waals surface area contributed by atoms with Gasteiger partial charge in [0.1, 0.15) is 5.60 Å². The quantitative estimate of drug-likeness (QED) is 0.787. The van der Waals surface area contributed by atoms with Crippen LogP contribution in [-0.4, -0.2) is 30.0 Å². The first-order valence-corrected chi connectivity index (χ1v) is 8.15. The molecule has 0 aromatic heterocycles. The molecule has 1 amide bonds. The van der Waals surface area contributed by atoms with Gasteiger partial charge >= 0.3 is 13.2 Å². The van der Waals surface area contributed by atoms with Gasteiger partial charge in [-0.25, -0.2) is 4.79 Å². The first kappa shape index (κ1) is 18.1. The summed E-state index contributed by atoms with van der Waals surface area (Å²) in [7, 11) is -0.320. The van der Waals surface area contributed by atoms with Gasteiger partial charge < -0.3 is 14.0 Å². The molecule has 1 saturated heterocycles. The van der Waals surface area contributed by atoms with E-state index >= 15 is 0 Å². The van der Waals surface area contributed by atoms with Crippen LogP contribution in [0.25, 0.3) is 0 Å². The molecule has 5 nitrogen and oxygen atoms in total. The van der Waals surface area contributed by atoms with Gasteiger partial charge in [0.25, 0.3) is 0 Å². The summed E-state index contributed by atoms with van der Waals surface area (Å²) in [6.45, 7) is 13.7. The maximum Gasteiger partial charge on any atom is 0.490 e. The fourth-order valence-electron chi connectivity index (χ4n) is 2.38. The number of nitrogens with one attached hydrogen (secondary N) is 1. The van der Waals surface area contributed by atoms with Crippen molar-refractivity contribution in [1.29, 1.82) is 0 Å². The largest absolute Gasteiger partial charge is 0.490 e. The predicted molar refractivity (Wildman–Crippen MR) is 90.9 cm³/mol. The number of allylic oxidation sites excluding steroid dienone is 4. The lowest BCUT2D eigenvalue weighted by atomic mass is 9.73. The molecule has 6 heteroatoms. The first-order chi connectivity index (χ1) is 10.4. The van der Waals surface area contributed by atoms with Crippen LogP contribution < -0.4 is 5.32 Å². The molecule has 2 rings (SSSR count). The zero-order valence-electron chi connectivity index (χ0n) is 15.3. The van der Waals surface area contributed by atoms with E-state index in [-0.39, 0.29) is 18.3 Å². The highest BCUT2D eigenvalue weighted by atomic mass is 16.7. The summed E-state index contributed by atoms with van der Waals surface area (Å²) >= 11 is 0. The van der Waals surface area contributed by atoms with Crippen LogP contribution in [0.5, 0.6) is 0 Å². The lowest BCUT2D eigenvalue weighted by Gasteiger charge is -2.32. The molecule has 1 heterocycles. The fraction of sp³-hybridized carbons (Fsp3) is 0.706. The molecule has 0 bridgehead atoms. The van der Waals surface area contributed by atoms with E-state index in [1.54, 1.807) is 0 Å². The maximum atomic E-state index is 11.8. The third-order valence-electron chi connectivity index (χ3n) is 4.40. The second kappa shape index (κ2) is 5.98. The van der Waals surface area contributed by atoms with Gasteiger partial charge in [-0.15, -0.1) is 0 Å². The Morgan fingerprint density at radius 1 is 1.13 bits per heavy atom. The maximum absolute atomic E-state index is 11.8. The van der Waals surface area contributed by atoms with Crippen LogP contribution in [-0.2, 0) is 14.0 Å². The summed E-state index contributed by atoms with van der Waals surface area (Å²) in [4.78, 5) is 11.8. The van der Waals surface area contributed by atoms with Crippen LogP contribution in [0.2, 0.25) is 0 Å². The zero-order valence-corrected chi connectivity index (χ0v) is 15.3. The van der Waals surface area contributed by atoms with Crippen molar-refractivity contribution in [3.8, 4) is 0 Å². The Balaban J connectivity index is 1.98. The van der Waals surface area contributed by atoms with Crippen molar-refractivity contribution in [1.82, 2.24) is 5.32 Å². The predicted octanol–water partition coefficient (Wildman–Crippen LogP) is 3.75. The number of alkyl carbamates (subject to hydrolysis) is 1. The molecular formula is C17H28BNO4. The van der Waals surface area contributed by atoms with E-state index in [2.05, 4.69) is 5.32 Å². The number of carbonyl (C=O) groups excluding carboxylic acids is 1. The molecule has 0 atom stereocenters. The molecule has 0 spiro atoms. The summed E-state index contributed by atoms with van der Waals surface area (Å²) in [6.07, 6.45) is 4.97. The van der Waals surface area contributed by atoms with Crippen LogP contribution in [0.1, 0.15) is 61.3 Å². The van der Waals surface area contributed by atoms with Gasteiger partial charge in [-0.3, -0.25) is 5.32 Å². The molecule has 0 radical (unpaired) electrons. The number of hydrogen-bond donors (Lipinski definition) is 1. The highest BCUT2D eigenvalue weighted by molar-refractivity contribution is 6.54. The van der Waals surface area contributed by atoms with Crippen molar-refractivity contribution in [2.75, 3.05) is 0 Å². The van der Waals surface area contributed by atoms with E-state index < -0.39 is 11.7 Å². The molecule has 2 aliphatic rings. The summed E-state index contributed by atoms with van der Waals surface area (Å²) < 4.78 is 17.4. The molecule has 1 fully saturated rings. The van der Waals surface area contributed by atoms with Crippen LogP contribution in [0.4, 0.5) is 4.79 Å². The Kier molecular flexibility index (Phi) is 4.70. The van der Waals surface area contributed by atoms with Gasteiger partial charge in [-0.2, -0.15) is 0 Å². The Morgan fingerprint density at radius 3 is 2.13 bits per heavy atom. The number of amides is 1. The number of rotatable bonds is 2. The third kappa shape index (κ3) is 4.39. The van der Waals surface area contributed by atoms with E-state index in [0.717, 1.165) is 24.0 Å². The second-order valence-electron chi connectivity index (χ2n) is 8.15. The molecule has 0 unspecified atom stereocenters. The Hall–Kier alpha value is -1.27. The minimum Gasteiger partial charge on any atom is -0.444 e.